The smallest absolute Gasteiger partial charge is 0.181 e. The first kappa shape index (κ1) is 9.33. The number of carbonyl (C=O) groups is 1. The third-order valence-corrected chi connectivity index (χ3v) is 2.44. The van der Waals surface area contributed by atoms with Gasteiger partial charge in [-0.25, -0.2) is 4.68 Å². The van der Waals surface area contributed by atoms with Gasteiger partial charge in [-0.3, -0.25) is 4.79 Å². The first-order valence-electron chi connectivity index (χ1n) is 4.78. The molecule has 2 heterocycles. The Hall–Kier alpha value is -1.23. The van der Waals surface area contributed by atoms with Crippen molar-refractivity contribution in [2.24, 2.45) is 0 Å². The molecule has 1 aromatic heterocycles. The highest BCUT2D eigenvalue weighted by molar-refractivity contribution is 5.91. The Morgan fingerprint density at radius 3 is 2.86 bits per heavy atom. The molecule has 1 aromatic rings. The van der Waals surface area contributed by atoms with Crippen LogP contribution in [0.3, 0.4) is 0 Å². The first-order valence-corrected chi connectivity index (χ1v) is 4.78. The van der Waals surface area contributed by atoms with E-state index in [9.17, 15) is 4.79 Å². The topological polar surface area (TPSA) is 57.0 Å². The number of aromatic nitrogens is 3. The van der Waals surface area contributed by atoms with Gasteiger partial charge in [0.15, 0.2) is 5.78 Å². The molecule has 5 nitrogen and oxygen atoms in total. The molecule has 0 radical (unpaired) electrons. The van der Waals surface area contributed by atoms with Gasteiger partial charge in [-0.15, -0.1) is 5.10 Å². The van der Waals surface area contributed by atoms with E-state index in [0.29, 0.717) is 11.7 Å². The number of ketones is 1. The van der Waals surface area contributed by atoms with Crippen LogP contribution in [0.4, 0.5) is 0 Å². The fraction of sp³-hybridized carbons (Fsp3) is 0.667. The van der Waals surface area contributed by atoms with Crippen LogP contribution >= 0.6 is 0 Å². The summed E-state index contributed by atoms with van der Waals surface area (Å²) in [6, 6.07) is 0.337. The maximum Gasteiger partial charge on any atom is 0.181 e. The molecular formula is C9H13N3O2. The summed E-state index contributed by atoms with van der Waals surface area (Å²) in [7, 11) is 0. The summed E-state index contributed by atoms with van der Waals surface area (Å²) in [6.07, 6.45) is 3.61. The first-order chi connectivity index (χ1) is 6.77. The fourth-order valence-corrected chi connectivity index (χ4v) is 1.57. The van der Waals surface area contributed by atoms with Crippen molar-refractivity contribution in [2.45, 2.75) is 25.8 Å². The Labute approximate surface area is 82.1 Å². The third-order valence-electron chi connectivity index (χ3n) is 2.44. The van der Waals surface area contributed by atoms with E-state index in [1.165, 1.54) is 6.92 Å². The van der Waals surface area contributed by atoms with Crippen molar-refractivity contribution in [3.8, 4) is 0 Å². The highest BCUT2D eigenvalue weighted by atomic mass is 16.5. The number of hydrogen-bond acceptors (Lipinski definition) is 4. The average Bonchev–Trinajstić information content (AvgIpc) is 2.68. The number of rotatable bonds is 2. The van der Waals surface area contributed by atoms with Gasteiger partial charge in [-0.05, 0) is 12.8 Å². The zero-order chi connectivity index (χ0) is 9.97. The van der Waals surface area contributed by atoms with Crippen molar-refractivity contribution in [3.63, 3.8) is 0 Å². The average molecular weight is 195 g/mol. The molecule has 0 spiro atoms. The summed E-state index contributed by atoms with van der Waals surface area (Å²) in [4.78, 5) is 11.0. The number of nitrogens with zero attached hydrogens (tertiary/aromatic N) is 3. The normalized spacial score (nSPS) is 18.4. The summed E-state index contributed by atoms with van der Waals surface area (Å²) >= 11 is 0. The van der Waals surface area contributed by atoms with Crippen LogP contribution < -0.4 is 0 Å². The molecular weight excluding hydrogens is 182 g/mol. The van der Waals surface area contributed by atoms with Crippen LogP contribution in [0.15, 0.2) is 6.20 Å². The van der Waals surface area contributed by atoms with Gasteiger partial charge >= 0.3 is 0 Å². The quantitative estimate of drug-likeness (QED) is 0.656. The van der Waals surface area contributed by atoms with Crippen LogP contribution in [-0.2, 0) is 4.74 Å². The highest BCUT2D eigenvalue weighted by Crippen LogP contribution is 2.19. The molecule has 1 aliphatic rings. The van der Waals surface area contributed by atoms with Crippen LogP contribution in [-0.4, -0.2) is 34.0 Å². The predicted octanol–water partition coefficient (Wildman–Crippen LogP) is 0.832. The van der Waals surface area contributed by atoms with Gasteiger partial charge in [0, 0.05) is 20.1 Å². The van der Waals surface area contributed by atoms with Crippen LogP contribution in [0.2, 0.25) is 0 Å². The lowest BCUT2D eigenvalue weighted by atomic mass is 10.1. The zero-order valence-electron chi connectivity index (χ0n) is 8.14. The van der Waals surface area contributed by atoms with Crippen LogP contribution in [0.1, 0.15) is 36.3 Å². The van der Waals surface area contributed by atoms with E-state index < -0.39 is 0 Å². The Balaban J connectivity index is 2.11. The molecule has 0 aromatic carbocycles. The van der Waals surface area contributed by atoms with Gasteiger partial charge in [-0.2, -0.15) is 0 Å². The molecule has 0 bridgehead atoms. The molecule has 2 rings (SSSR count). The Kier molecular flexibility index (Phi) is 2.58. The van der Waals surface area contributed by atoms with Gasteiger partial charge in [0.05, 0.1) is 12.2 Å². The Bertz CT molecular complexity index is 329. The van der Waals surface area contributed by atoms with Crippen LogP contribution in [0.5, 0.6) is 0 Å². The largest absolute Gasteiger partial charge is 0.381 e. The maximum absolute atomic E-state index is 11.0. The minimum atomic E-state index is -0.0386. The molecule has 1 fully saturated rings. The molecule has 0 atom stereocenters. The van der Waals surface area contributed by atoms with Crippen molar-refractivity contribution >= 4 is 5.78 Å². The lowest BCUT2D eigenvalue weighted by Gasteiger charge is -2.21. The molecule has 1 saturated heterocycles. The van der Waals surface area contributed by atoms with E-state index in [4.69, 9.17) is 4.74 Å². The van der Waals surface area contributed by atoms with Crippen molar-refractivity contribution < 1.29 is 9.53 Å². The summed E-state index contributed by atoms with van der Waals surface area (Å²) in [5.41, 5.74) is 0.441. The zero-order valence-corrected chi connectivity index (χ0v) is 8.14. The molecule has 1 aliphatic heterocycles. The van der Waals surface area contributed by atoms with E-state index in [0.717, 1.165) is 26.1 Å². The van der Waals surface area contributed by atoms with E-state index >= 15 is 0 Å². The second-order valence-corrected chi connectivity index (χ2v) is 3.48. The molecule has 0 N–H and O–H groups in total. The van der Waals surface area contributed by atoms with Crippen LogP contribution in [0, 0.1) is 0 Å². The van der Waals surface area contributed by atoms with Crippen molar-refractivity contribution in [2.75, 3.05) is 13.2 Å². The van der Waals surface area contributed by atoms with Crippen molar-refractivity contribution in [1.82, 2.24) is 15.0 Å². The number of carbonyl (C=O) groups excluding carboxylic acids is 1. The second-order valence-electron chi connectivity index (χ2n) is 3.48. The maximum atomic E-state index is 11.0. The Morgan fingerprint density at radius 2 is 2.29 bits per heavy atom. The molecule has 5 heteroatoms. The summed E-state index contributed by atoms with van der Waals surface area (Å²) < 4.78 is 7.02. The molecule has 14 heavy (non-hydrogen) atoms. The fourth-order valence-electron chi connectivity index (χ4n) is 1.57. The number of Topliss-reactive ketones (excluding diaryl/α,β-unsaturated/α-hetero) is 1. The van der Waals surface area contributed by atoms with E-state index in [-0.39, 0.29) is 5.78 Å². The van der Waals surface area contributed by atoms with Crippen molar-refractivity contribution in [3.05, 3.63) is 11.9 Å². The van der Waals surface area contributed by atoms with Crippen molar-refractivity contribution in [1.29, 1.82) is 0 Å². The molecule has 0 amide bonds. The van der Waals surface area contributed by atoms with E-state index in [1.54, 1.807) is 10.9 Å². The minimum Gasteiger partial charge on any atom is -0.381 e. The summed E-state index contributed by atoms with van der Waals surface area (Å²) in [5, 5.41) is 7.76. The van der Waals surface area contributed by atoms with Gasteiger partial charge in [0.2, 0.25) is 0 Å². The monoisotopic (exact) mass is 195 g/mol. The third kappa shape index (κ3) is 1.82. The summed E-state index contributed by atoms with van der Waals surface area (Å²) in [5.74, 6) is -0.0386. The minimum absolute atomic E-state index is 0.0386. The van der Waals surface area contributed by atoms with Gasteiger partial charge in [0.1, 0.15) is 5.69 Å². The SMILES string of the molecule is CC(=O)c1cn(C2CCOCC2)nn1. The lowest BCUT2D eigenvalue weighted by Crippen LogP contribution is -2.20. The van der Waals surface area contributed by atoms with Gasteiger partial charge in [-0.1, -0.05) is 5.21 Å². The Morgan fingerprint density at radius 1 is 1.57 bits per heavy atom. The molecule has 76 valence electrons. The van der Waals surface area contributed by atoms with E-state index in [1.807, 2.05) is 0 Å². The van der Waals surface area contributed by atoms with Gasteiger partial charge < -0.3 is 4.74 Å². The highest BCUT2D eigenvalue weighted by Gasteiger charge is 2.17. The van der Waals surface area contributed by atoms with E-state index in [2.05, 4.69) is 10.3 Å². The lowest BCUT2D eigenvalue weighted by molar-refractivity contribution is 0.0657. The predicted molar refractivity (Wildman–Crippen MR) is 49.1 cm³/mol. The number of hydrogen-bond donors (Lipinski definition) is 0. The second kappa shape index (κ2) is 3.88. The number of ether oxygens (including phenoxy) is 1. The standard InChI is InChI=1S/C9H13N3O2/c1-7(13)9-6-12(11-10-9)8-2-4-14-5-3-8/h6,8H,2-5H2,1H3. The molecule has 0 saturated carbocycles. The molecule has 0 aliphatic carbocycles. The van der Waals surface area contributed by atoms with Crippen LogP contribution in [0.25, 0.3) is 0 Å². The molecule has 0 unspecified atom stereocenters. The van der Waals surface area contributed by atoms with Gasteiger partial charge in [0.25, 0.3) is 0 Å². The summed E-state index contributed by atoms with van der Waals surface area (Å²) in [6.45, 7) is 3.03.